The molecular weight excluding hydrogens is 636 g/mol. The van der Waals surface area contributed by atoms with E-state index in [0.717, 1.165) is 30.8 Å². The van der Waals surface area contributed by atoms with Crippen LogP contribution < -0.4 is 9.46 Å². The summed E-state index contributed by atoms with van der Waals surface area (Å²) < 4.78 is 24.1. The zero-order chi connectivity index (χ0) is 27.2. The summed E-state index contributed by atoms with van der Waals surface area (Å²) >= 11 is 7.07. The van der Waals surface area contributed by atoms with E-state index in [9.17, 15) is 14.4 Å². The smallest absolute Gasteiger partial charge is 0.124 e. The first-order valence-corrected chi connectivity index (χ1v) is 14.3. The quantitative estimate of drug-likeness (QED) is 0.169. The number of nitrogens with one attached hydrogen (secondary N) is 1. The number of fused-ring (bicyclic) bond motifs is 3. The van der Waals surface area contributed by atoms with Gasteiger partial charge >= 0.3 is 0 Å². The fourth-order valence-corrected chi connectivity index (χ4v) is 5.57. The van der Waals surface area contributed by atoms with Gasteiger partial charge in [0.25, 0.3) is 0 Å². The molecule has 1 heterocycles. The standard InChI is InChI=1S/C21H18Br2N2O3S.C7H8O2/c22-13-1-7-20-18(9-13)19-10-14(23)2-8-21(19)25(20)12-16(27)11-24-29(28)17-5-3-15(26)4-6-17;1-9-7-4-2-3-6(8)5-7/h1-10,16,24,26-27H,11-12H2;2-5,8H,1H3. The lowest BCUT2D eigenvalue weighted by atomic mass is 10.2. The van der Waals surface area contributed by atoms with Crippen LogP contribution in [0.1, 0.15) is 0 Å². The number of benzene rings is 4. The van der Waals surface area contributed by atoms with E-state index in [4.69, 9.17) is 9.84 Å². The Morgan fingerprint density at radius 2 is 1.47 bits per heavy atom. The third-order valence-corrected chi connectivity index (χ3v) is 7.85. The van der Waals surface area contributed by atoms with E-state index >= 15 is 0 Å². The summed E-state index contributed by atoms with van der Waals surface area (Å²) in [5.41, 5.74) is 2.06. The van der Waals surface area contributed by atoms with Crippen LogP contribution in [0.15, 0.2) is 98.8 Å². The van der Waals surface area contributed by atoms with Crippen molar-refractivity contribution in [1.82, 2.24) is 9.29 Å². The monoisotopic (exact) mass is 660 g/mol. The van der Waals surface area contributed by atoms with Crippen LogP contribution in [-0.4, -0.2) is 43.9 Å². The second-order valence-electron chi connectivity index (χ2n) is 8.40. The molecule has 38 heavy (non-hydrogen) atoms. The molecule has 2 unspecified atom stereocenters. The van der Waals surface area contributed by atoms with Crippen LogP contribution in [0.25, 0.3) is 21.8 Å². The van der Waals surface area contributed by atoms with E-state index < -0.39 is 17.1 Å². The minimum atomic E-state index is -1.46. The number of ether oxygens (including phenoxy) is 1. The number of rotatable bonds is 7. The number of aromatic nitrogens is 1. The highest BCUT2D eigenvalue weighted by molar-refractivity contribution is 9.10. The molecule has 0 spiro atoms. The van der Waals surface area contributed by atoms with Crippen molar-refractivity contribution in [2.45, 2.75) is 17.5 Å². The molecule has 10 heteroatoms. The maximum absolute atomic E-state index is 12.4. The van der Waals surface area contributed by atoms with Gasteiger partial charge in [-0.25, -0.2) is 8.93 Å². The molecular formula is C28H26Br2N2O5S. The first-order valence-electron chi connectivity index (χ1n) is 11.6. The predicted octanol–water partition coefficient (Wildman–Crippen LogP) is 6.10. The van der Waals surface area contributed by atoms with E-state index in [1.54, 1.807) is 43.5 Å². The topological polar surface area (TPSA) is 104 Å². The van der Waals surface area contributed by atoms with Gasteiger partial charge in [0, 0.05) is 43.4 Å². The van der Waals surface area contributed by atoms with Crippen molar-refractivity contribution in [2.75, 3.05) is 13.7 Å². The minimum Gasteiger partial charge on any atom is -0.508 e. The molecule has 0 saturated heterocycles. The largest absolute Gasteiger partial charge is 0.508 e. The molecule has 0 aliphatic heterocycles. The average molecular weight is 662 g/mol. The van der Waals surface area contributed by atoms with E-state index in [-0.39, 0.29) is 18.0 Å². The minimum absolute atomic E-state index is 0.121. The molecule has 2 atom stereocenters. The van der Waals surface area contributed by atoms with Gasteiger partial charge in [-0.15, -0.1) is 0 Å². The van der Waals surface area contributed by atoms with Gasteiger partial charge in [-0.1, -0.05) is 37.9 Å². The second kappa shape index (κ2) is 12.8. The highest BCUT2D eigenvalue weighted by Gasteiger charge is 2.15. The van der Waals surface area contributed by atoms with Crippen molar-refractivity contribution < 1.29 is 24.3 Å². The number of hydrogen-bond acceptors (Lipinski definition) is 5. The lowest BCUT2D eigenvalue weighted by molar-refractivity contribution is 0.161. The van der Waals surface area contributed by atoms with Crippen molar-refractivity contribution >= 4 is 64.7 Å². The molecule has 4 N–H and O–H groups in total. The van der Waals surface area contributed by atoms with Crippen LogP contribution in [0.4, 0.5) is 0 Å². The summed E-state index contributed by atoms with van der Waals surface area (Å²) in [5.74, 6) is 1.03. The molecule has 0 fully saturated rings. The summed E-state index contributed by atoms with van der Waals surface area (Å²) in [4.78, 5) is 0.543. The molecule has 0 saturated carbocycles. The number of phenols is 2. The molecule has 5 aromatic rings. The first kappa shape index (κ1) is 28.1. The number of halogens is 2. The van der Waals surface area contributed by atoms with E-state index in [2.05, 4.69) is 53.3 Å². The molecule has 0 aliphatic carbocycles. The van der Waals surface area contributed by atoms with Gasteiger partial charge in [0.15, 0.2) is 0 Å². The van der Waals surface area contributed by atoms with Gasteiger partial charge in [-0.05, 0) is 72.8 Å². The van der Waals surface area contributed by atoms with Crippen molar-refractivity contribution in [1.29, 1.82) is 0 Å². The lowest BCUT2D eigenvalue weighted by Crippen LogP contribution is -2.31. The maximum Gasteiger partial charge on any atom is 0.124 e. The van der Waals surface area contributed by atoms with Crippen molar-refractivity contribution in [3.63, 3.8) is 0 Å². The Balaban J connectivity index is 0.000000317. The molecule has 1 aromatic heterocycles. The van der Waals surface area contributed by atoms with E-state index in [0.29, 0.717) is 17.2 Å². The Kier molecular flexibility index (Phi) is 9.45. The molecule has 4 aromatic carbocycles. The Bertz CT molecular complexity index is 1510. The fraction of sp³-hybridized carbons (Fsp3) is 0.143. The Morgan fingerprint density at radius 1 is 0.868 bits per heavy atom. The highest BCUT2D eigenvalue weighted by atomic mass is 79.9. The molecule has 0 amide bonds. The van der Waals surface area contributed by atoms with E-state index in [1.807, 2.05) is 24.3 Å². The van der Waals surface area contributed by atoms with Gasteiger partial charge in [0.1, 0.15) is 28.2 Å². The Labute approximate surface area is 239 Å². The van der Waals surface area contributed by atoms with Crippen molar-refractivity contribution in [3.05, 3.63) is 93.9 Å². The second-order valence-corrected chi connectivity index (χ2v) is 11.5. The molecule has 5 rings (SSSR count). The summed E-state index contributed by atoms with van der Waals surface area (Å²) in [6, 6.07) is 25.0. The highest BCUT2D eigenvalue weighted by Crippen LogP contribution is 2.33. The third-order valence-electron chi connectivity index (χ3n) is 5.74. The summed E-state index contributed by atoms with van der Waals surface area (Å²) in [5, 5.41) is 31.0. The Hall–Kier alpha value is -2.89. The van der Waals surface area contributed by atoms with Crippen molar-refractivity contribution in [3.8, 4) is 17.2 Å². The number of aromatic hydroxyl groups is 2. The zero-order valence-corrected chi connectivity index (χ0v) is 24.3. The summed E-state index contributed by atoms with van der Waals surface area (Å²) in [7, 11) is 0.100. The molecule has 0 bridgehead atoms. The molecule has 198 valence electrons. The van der Waals surface area contributed by atoms with Gasteiger partial charge in [-0.2, -0.15) is 0 Å². The van der Waals surface area contributed by atoms with E-state index in [1.165, 1.54) is 12.1 Å². The molecule has 0 aliphatic rings. The molecule has 0 radical (unpaired) electrons. The van der Waals surface area contributed by atoms with Crippen LogP contribution in [-0.2, 0) is 17.5 Å². The van der Waals surface area contributed by atoms with Crippen LogP contribution in [0.3, 0.4) is 0 Å². The average Bonchev–Trinajstić information content (AvgIpc) is 3.19. The third kappa shape index (κ3) is 6.95. The summed E-state index contributed by atoms with van der Waals surface area (Å²) in [6.07, 6.45) is -0.734. The van der Waals surface area contributed by atoms with Crippen LogP contribution in [0.5, 0.6) is 17.2 Å². The first-order chi connectivity index (χ1) is 18.2. The number of methoxy groups -OCH3 is 1. The van der Waals surface area contributed by atoms with Gasteiger partial charge < -0.3 is 24.6 Å². The molecule has 7 nitrogen and oxygen atoms in total. The predicted molar refractivity (Wildman–Crippen MR) is 158 cm³/mol. The number of aliphatic hydroxyl groups is 1. The van der Waals surface area contributed by atoms with Gasteiger partial charge in [0.05, 0.1) is 24.7 Å². The number of phenolic OH excluding ortho intramolecular Hbond substituents is 2. The fourth-order valence-electron chi connectivity index (χ4n) is 3.96. The number of hydrogen-bond donors (Lipinski definition) is 4. The number of nitrogens with zero attached hydrogens (tertiary/aromatic N) is 1. The van der Waals surface area contributed by atoms with Crippen molar-refractivity contribution in [2.24, 2.45) is 0 Å². The van der Waals surface area contributed by atoms with Crippen LogP contribution in [0.2, 0.25) is 0 Å². The SMILES string of the molecule is COc1cccc(O)c1.O=S(NCC(O)Cn1c2ccc(Br)cc2c2cc(Br)ccc21)c1ccc(O)cc1. The van der Waals surface area contributed by atoms with Crippen LogP contribution in [0, 0.1) is 0 Å². The van der Waals surface area contributed by atoms with Gasteiger partial charge in [-0.3, -0.25) is 0 Å². The lowest BCUT2D eigenvalue weighted by Gasteiger charge is -2.15. The Morgan fingerprint density at radius 3 is 2.00 bits per heavy atom. The van der Waals surface area contributed by atoms with Gasteiger partial charge in [0.2, 0.25) is 0 Å². The zero-order valence-electron chi connectivity index (χ0n) is 20.3. The maximum atomic E-state index is 12.4. The summed E-state index contributed by atoms with van der Waals surface area (Å²) in [6.45, 7) is 0.532. The van der Waals surface area contributed by atoms with Crippen LogP contribution >= 0.6 is 31.9 Å². The normalized spacial score (nSPS) is 12.6. The number of aliphatic hydroxyl groups excluding tert-OH is 1.